The van der Waals surface area contributed by atoms with Gasteiger partial charge in [-0.15, -0.1) is 13.2 Å². The molecule has 0 aliphatic heterocycles. The number of carbonyl (C=O) groups is 1. The summed E-state index contributed by atoms with van der Waals surface area (Å²) < 4.78 is 40.0. The molecule has 110 valence electrons. The average Bonchev–Trinajstić information content (AvgIpc) is 2.38. The van der Waals surface area contributed by atoms with E-state index in [1.807, 2.05) is 0 Å². The van der Waals surface area contributed by atoms with Crippen LogP contribution in [0.25, 0.3) is 11.1 Å². The maximum absolute atomic E-state index is 12.1. The Morgan fingerprint density at radius 1 is 1.05 bits per heavy atom. The number of rotatable bonds is 3. The van der Waals surface area contributed by atoms with E-state index in [4.69, 9.17) is 23.2 Å². The molecule has 0 aliphatic carbocycles. The Kier molecular flexibility index (Phi) is 4.44. The van der Waals surface area contributed by atoms with Crippen LogP contribution < -0.4 is 4.74 Å². The maximum Gasteiger partial charge on any atom is 0.573 e. The predicted octanol–water partition coefficient (Wildman–Crippen LogP) is 5.28. The van der Waals surface area contributed by atoms with Gasteiger partial charge < -0.3 is 4.74 Å². The zero-order chi connectivity index (χ0) is 15.6. The summed E-state index contributed by atoms with van der Waals surface area (Å²) in [5, 5.41) is -0.372. The molecule has 0 aliphatic rings. The summed E-state index contributed by atoms with van der Waals surface area (Å²) in [7, 11) is 0. The number of hydrogen-bond donors (Lipinski definition) is 0. The van der Waals surface area contributed by atoms with E-state index in [1.165, 1.54) is 18.2 Å². The van der Waals surface area contributed by atoms with Crippen molar-refractivity contribution < 1.29 is 22.7 Å². The average molecular weight is 335 g/mol. The normalized spacial score (nSPS) is 11.3. The number of halogens is 5. The van der Waals surface area contributed by atoms with Crippen LogP contribution in [-0.4, -0.2) is 11.6 Å². The molecule has 0 saturated heterocycles. The van der Waals surface area contributed by atoms with E-state index in [1.54, 1.807) is 12.1 Å². The second-order valence-electron chi connectivity index (χ2n) is 4.04. The van der Waals surface area contributed by atoms with E-state index >= 15 is 0 Å². The van der Waals surface area contributed by atoms with Crippen LogP contribution in [0.15, 0.2) is 42.5 Å². The first-order valence-corrected chi connectivity index (χ1v) is 6.37. The Morgan fingerprint density at radius 2 is 1.67 bits per heavy atom. The standard InChI is InChI=1S/C14H7Cl2F3O2/c15-9-3-6-11(12(7-9)13(16)20)8-1-4-10(5-2-8)21-14(17,18)19/h1-7H. The van der Waals surface area contributed by atoms with Gasteiger partial charge in [-0.1, -0.05) is 29.8 Å². The van der Waals surface area contributed by atoms with Crippen LogP contribution in [-0.2, 0) is 0 Å². The van der Waals surface area contributed by atoms with Crippen LogP contribution in [0.1, 0.15) is 10.4 Å². The number of hydrogen-bond acceptors (Lipinski definition) is 2. The smallest absolute Gasteiger partial charge is 0.406 e. The van der Waals surface area contributed by atoms with Gasteiger partial charge in [0.15, 0.2) is 0 Å². The molecule has 2 nitrogen and oxygen atoms in total. The first-order chi connectivity index (χ1) is 9.76. The second-order valence-corrected chi connectivity index (χ2v) is 4.82. The lowest BCUT2D eigenvalue weighted by Crippen LogP contribution is -2.16. The van der Waals surface area contributed by atoms with Crippen molar-refractivity contribution in [2.75, 3.05) is 0 Å². The molecule has 0 atom stereocenters. The van der Waals surface area contributed by atoms with Crippen molar-refractivity contribution in [2.24, 2.45) is 0 Å². The Bertz CT molecular complexity index is 667. The summed E-state index contributed by atoms with van der Waals surface area (Å²) >= 11 is 11.3. The van der Waals surface area contributed by atoms with E-state index in [9.17, 15) is 18.0 Å². The summed E-state index contributed by atoms with van der Waals surface area (Å²) in [5.74, 6) is -0.348. The lowest BCUT2D eigenvalue weighted by Gasteiger charge is -2.10. The SMILES string of the molecule is O=C(Cl)c1cc(Cl)ccc1-c1ccc(OC(F)(F)F)cc1. The first kappa shape index (κ1) is 15.7. The summed E-state index contributed by atoms with van der Waals surface area (Å²) in [6.07, 6.45) is -4.75. The minimum Gasteiger partial charge on any atom is -0.406 e. The molecule has 0 unspecified atom stereocenters. The third-order valence-electron chi connectivity index (χ3n) is 2.59. The molecular weight excluding hydrogens is 328 g/mol. The van der Waals surface area contributed by atoms with E-state index in [-0.39, 0.29) is 11.3 Å². The summed E-state index contributed by atoms with van der Waals surface area (Å²) in [6.45, 7) is 0. The summed E-state index contributed by atoms with van der Waals surface area (Å²) in [4.78, 5) is 11.4. The molecule has 0 aromatic heterocycles. The fourth-order valence-corrected chi connectivity index (χ4v) is 2.10. The molecule has 2 rings (SSSR count). The molecule has 0 heterocycles. The van der Waals surface area contributed by atoms with Crippen molar-refractivity contribution >= 4 is 28.4 Å². The van der Waals surface area contributed by atoms with Crippen LogP contribution in [0.2, 0.25) is 5.02 Å². The molecule has 21 heavy (non-hydrogen) atoms. The predicted molar refractivity (Wildman–Crippen MR) is 73.8 cm³/mol. The van der Waals surface area contributed by atoms with Crippen LogP contribution in [0, 0.1) is 0 Å². The van der Waals surface area contributed by atoms with Gasteiger partial charge >= 0.3 is 6.36 Å². The quantitative estimate of drug-likeness (QED) is 0.713. The lowest BCUT2D eigenvalue weighted by atomic mass is 10.0. The van der Waals surface area contributed by atoms with Gasteiger partial charge in [0.1, 0.15) is 5.75 Å². The molecule has 0 saturated carbocycles. The van der Waals surface area contributed by atoms with Gasteiger partial charge in [-0.2, -0.15) is 0 Å². The zero-order valence-corrected chi connectivity index (χ0v) is 11.8. The molecule has 0 radical (unpaired) electrons. The molecule has 2 aromatic carbocycles. The lowest BCUT2D eigenvalue weighted by molar-refractivity contribution is -0.274. The number of benzene rings is 2. The topological polar surface area (TPSA) is 26.3 Å². The highest BCUT2D eigenvalue weighted by Gasteiger charge is 2.31. The summed E-state index contributed by atoms with van der Waals surface area (Å²) in [5.41, 5.74) is 1.16. The minimum atomic E-state index is -4.75. The molecule has 7 heteroatoms. The summed E-state index contributed by atoms with van der Waals surface area (Å²) in [6, 6.07) is 9.62. The van der Waals surface area contributed by atoms with E-state index < -0.39 is 11.6 Å². The van der Waals surface area contributed by atoms with E-state index in [0.29, 0.717) is 16.1 Å². The molecule has 0 N–H and O–H groups in total. The van der Waals surface area contributed by atoms with Gasteiger partial charge in [0.2, 0.25) is 0 Å². The Balaban J connectivity index is 2.37. The minimum absolute atomic E-state index is 0.175. The highest BCUT2D eigenvalue weighted by Crippen LogP contribution is 2.30. The highest BCUT2D eigenvalue weighted by atomic mass is 35.5. The number of carbonyl (C=O) groups excluding carboxylic acids is 1. The second kappa shape index (κ2) is 5.95. The largest absolute Gasteiger partial charge is 0.573 e. The number of ether oxygens (including phenoxy) is 1. The van der Waals surface area contributed by atoms with Crippen molar-refractivity contribution in [1.29, 1.82) is 0 Å². The zero-order valence-electron chi connectivity index (χ0n) is 10.2. The third kappa shape index (κ3) is 4.12. The van der Waals surface area contributed by atoms with Gasteiger partial charge in [0, 0.05) is 10.6 Å². The molecule has 0 amide bonds. The van der Waals surface area contributed by atoms with Crippen molar-refractivity contribution in [2.45, 2.75) is 6.36 Å². The van der Waals surface area contributed by atoms with Gasteiger partial charge in [0.25, 0.3) is 5.24 Å². The molecule has 0 bridgehead atoms. The fraction of sp³-hybridized carbons (Fsp3) is 0.0714. The maximum atomic E-state index is 12.1. The van der Waals surface area contributed by atoms with Crippen molar-refractivity contribution in [3.63, 3.8) is 0 Å². The Hall–Kier alpha value is -1.72. The van der Waals surface area contributed by atoms with Crippen molar-refractivity contribution in [3.8, 4) is 16.9 Å². The monoisotopic (exact) mass is 334 g/mol. The van der Waals surface area contributed by atoms with Crippen molar-refractivity contribution in [3.05, 3.63) is 53.1 Å². The van der Waals surface area contributed by atoms with Gasteiger partial charge in [0.05, 0.1) is 0 Å². The molecular formula is C14H7Cl2F3O2. The Morgan fingerprint density at radius 3 is 2.19 bits per heavy atom. The van der Waals surface area contributed by atoms with Gasteiger partial charge in [-0.05, 0) is 47.0 Å². The fourth-order valence-electron chi connectivity index (χ4n) is 1.77. The Labute approximate surface area is 128 Å². The third-order valence-corrected chi connectivity index (χ3v) is 3.03. The molecule has 0 spiro atoms. The van der Waals surface area contributed by atoms with Crippen LogP contribution in [0.5, 0.6) is 5.75 Å². The van der Waals surface area contributed by atoms with Crippen molar-refractivity contribution in [1.82, 2.24) is 0 Å². The van der Waals surface area contributed by atoms with Crippen LogP contribution in [0.4, 0.5) is 13.2 Å². The van der Waals surface area contributed by atoms with Crippen LogP contribution in [0.3, 0.4) is 0 Å². The van der Waals surface area contributed by atoms with Crippen LogP contribution >= 0.6 is 23.2 Å². The molecule has 2 aromatic rings. The van der Waals surface area contributed by atoms with E-state index in [0.717, 1.165) is 12.1 Å². The first-order valence-electron chi connectivity index (χ1n) is 5.62. The highest BCUT2D eigenvalue weighted by molar-refractivity contribution is 6.68. The van der Waals surface area contributed by atoms with E-state index in [2.05, 4.69) is 4.74 Å². The molecule has 0 fully saturated rings. The number of alkyl halides is 3. The van der Waals surface area contributed by atoms with Gasteiger partial charge in [-0.25, -0.2) is 0 Å². The van der Waals surface area contributed by atoms with Gasteiger partial charge in [-0.3, -0.25) is 4.79 Å².